The van der Waals surface area contributed by atoms with Gasteiger partial charge in [0.25, 0.3) is 5.91 Å². The number of carbonyl (C=O) groups excluding carboxylic acids is 2. The molecule has 1 aromatic heterocycles. The lowest BCUT2D eigenvalue weighted by Gasteiger charge is -2.10. The van der Waals surface area contributed by atoms with Crippen molar-refractivity contribution in [1.82, 2.24) is 16.0 Å². The first-order chi connectivity index (χ1) is 13.4. The molecule has 0 saturated heterocycles. The van der Waals surface area contributed by atoms with Gasteiger partial charge in [0.15, 0.2) is 0 Å². The van der Waals surface area contributed by atoms with E-state index in [1.807, 2.05) is 0 Å². The van der Waals surface area contributed by atoms with Crippen LogP contribution in [-0.4, -0.2) is 17.1 Å². The van der Waals surface area contributed by atoms with Crippen LogP contribution in [0.4, 0.5) is 10.5 Å². The fourth-order valence-corrected chi connectivity index (χ4v) is 3.11. The number of hydrogen-bond donors (Lipinski definition) is 3. The predicted molar refractivity (Wildman–Crippen MR) is 108 cm³/mol. The van der Waals surface area contributed by atoms with Crippen LogP contribution >= 0.6 is 34.8 Å². The molecular formula is C18H13Cl3N4O3. The van der Waals surface area contributed by atoms with Crippen molar-refractivity contribution in [3.63, 3.8) is 0 Å². The maximum absolute atomic E-state index is 12.6. The van der Waals surface area contributed by atoms with Gasteiger partial charge >= 0.3 is 6.03 Å². The monoisotopic (exact) mass is 438 g/mol. The van der Waals surface area contributed by atoms with Crippen molar-refractivity contribution in [3.8, 4) is 11.3 Å². The highest BCUT2D eigenvalue weighted by molar-refractivity contribution is 6.39. The van der Waals surface area contributed by atoms with Crippen LogP contribution in [0.5, 0.6) is 0 Å². The van der Waals surface area contributed by atoms with Crippen LogP contribution in [0.2, 0.25) is 15.1 Å². The van der Waals surface area contributed by atoms with Crippen LogP contribution in [0.25, 0.3) is 11.3 Å². The van der Waals surface area contributed by atoms with E-state index in [1.165, 1.54) is 0 Å². The number of amides is 3. The number of benzene rings is 2. The minimum absolute atomic E-state index is 0.0989. The van der Waals surface area contributed by atoms with E-state index in [0.717, 1.165) is 0 Å². The number of nitrogens with one attached hydrogen (secondary N) is 3. The Bertz CT molecular complexity index is 1010. The van der Waals surface area contributed by atoms with Crippen LogP contribution in [-0.2, 0) is 0 Å². The van der Waals surface area contributed by atoms with Gasteiger partial charge in [-0.15, -0.1) is 0 Å². The van der Waals surface area contributed by atoms with Gasteiger partial charge in [-0.3, -0.25) is 10.2 Å². The van der Waals surface area contributed by atoms with Gasteiger partial charge in [0.05, 0.1) is 10.0 Å². The van der Waals surface area contributed by atoms with Crippen molar-refractivity contribution < 1.29 is 14.1 Å². The quantitative estimate of drug-likeness (QED) is 0.496. The van der Waals surface area contributed by atoms with Crippen molar-refractivity contribution in [2.75, 3.05) is 5.32 Å². The summed E-state index contributed by atoms with van der Waals surface area (Å²) < 4.78 is 5.13. The normalized spacial score (nSPS) is 10.4. The standard InChI is InChI=1S/C18H13Cl3N4O3/c1-9-14(16(25-28-9)15-12(20)3-2-4-13(15)21)17(26)23-24-18(27)22-11-7-5-10(19)6-8-11/h2-8H,1H3,(H,23,26)(H2,22,24,27). The number of hydrogen-bond acceptors (Lipinski definition) is 4. The second-order valence-electron chi connectivity index (χ2n) is 5.60. The second kappa shape index (κ2) is 8.52. The highest BCUT2D eigenvalue weighted by atomic mass is 35.5. The van der Waals surface area contributed by atoms with E-state index < -0.39 is 11.9 Å². The summed E-state index contributed by atoms with van der Waals surface area (Å²) >= 11 is 18.2. The number of carbonyl (C=O) groups is 2. The molecule has 0 atom stereocenters. The summed E-state index contributed by atoms with van der Waals surface area (Å²) in [5, 5.41) is 7.58. The van der Waals surface area contributed by atoms with Gasteiger partial charge in [-0.1, -0.05) is 46.0 Å². The Morgan fingerprint density at radius 3 is 2.25 bits per heavy atom. The largest absolute Gasteiger partial charge is 0.360 e. The lowest BCUT2D eigenvalue weighted by Crippen LogP contribution is -2.44. The molecule has 144 valence electrons. The third-order valence-electron chi connectivity index (χ3n) is 3.68. The van der Waals surface area contributed by atoms with Gasteiger partial charge in [-0.2, -0.15) is 0 Å². The van der Waals surface area contributed by atoms with Crippen LogP contribution in [0.1, 0.15) is 16.1 Å². The molecule has 3 rings (SSSR count). The van der Waals surface area contributed by atoms with E-state index in [-0.39, 0.29) is 17.0 Å². The van der Waals surface area contributed by atoms with Gasteiger partial charge in [0, 0.05) is 16.3 Å². The molecule has 3 aromatic rings. The SMILES string of the molecule is Cc1onc(-c2c(Cl)cccc2Cl)c1C(=O)NNC(=O)Nc1ccc(Cl)cc1. The molecular weight excluding hydrogens is 427 g/mol. The summed E-state index contributed by atoms with van der Waals surface area (Å²) in [6.45, 7) is 1.56. The highest BCUT2D eigenvalue weighted by Crippen LogP contribution is 2.36. The van der Waals surface area contributed by atoms with Crippen molar-refractivity contribution in [2.24, 2.45) is 0 Å². The van der Waals surface area contributed by atoms with E-state index in [1.54, 1.807) is 49.4 Å². The first kappa shape index (κ1) is 20.0. The van der Waals surface area contributed by atoms with Crippen LogP contribution in [0.3, 0.4) is 0 Å². The molecule has 0 unspecified atom stereocenters. The van der Waals surface area contributed by atoms with Gasteiger partial charge in [-0.05, 0) is 43.3 Å². The molecule has 0 radical (unpaired) electrons. The smallest absolute Gasteiger partial charge is 0.337 e. The maximum Gasteiger partial charge on any atom is 0.337 e. The van der Waals surface area contributed by atoms with E-state index in [0.29, 0.717) is 26.3 Å². The Labute approximate surface area is 174 Å². The fraction of sp³-hybridized carbons (Fsp3) is 0.0556. The number of hydrazine groups is 1. The summed E-state index contributed by atoms with van der Waals surface area (Å²) in [7, 11) is 0. The number of aryl methyl sites for hydroxylation is 1. The number of anilines is 1. The summed E-state index contributed by atoms with van der Waals surface area (Å²) in [5.74, 6) is -0.403. The van der Waals surface area contributed by atoms with E-state index in [4.69, 9.17) is 39.3 Å². The van der Waals surface area contributed by atoms with Crippen molar-refractivity contribution in [3.05, 3.63) is 68.9 Å². The summed E-state index contributed by atoms with van der Waals surface area (Å²) in [5.41, 5.74) is 5.68. The zero-order chi connectivity index (χ0) is 20.3. The third-order valence-corrected chi connectivity index (χ3v) is 4.56. The fourth-order valence-electron chi connectivity index (χ4n) is 2.41. The Hall–Kier alpha value is -2.74. The predicted octanol–water partition coefficient (Wildman–Crippen LogP) is 5.08. The Balaban J connectivity index is 1.74. The Morgan fingerprint density at radius 2 is 1.61 bits per heavy atom. The molecule has 1 heterocycles. The molecule has 0 aliphatic carbocycles. The van der Waals surface area contributed by atoms with E-state index >= 15 is 0 Å². The Morgan fingerprint density at radius 1 is 0.964 bits per heavy atom. The van der Waals surface area contributed by atoms with Crippen LogP contribution < -0.4 is 16.2 Å². The molecule has 0 bridgehead atoms. The minimum Gasteiger partial charge on any atom is -0.360 e. The van der Waals surface area contributed by atoms with Crippen molar-refractivity contribution in [2.45, 2.75) is 6.92 Å². The molecule has 7 nitrogen and oxygen atoms in total. The number of urea groups is 1. The second-order valence-corrected chi connectivity index (χ2v) is 6.85. The molecule has 10 heteroatoms. The molecule has 0 aliphatic heterocycles. The van der Waals surface area contributed by atoms with Gasteiger partial charge in [0.1, 0.15) is 17.0 Å². The number of aromatic nitrogens is 1. The molecule has 0 aliphatic rings. The topological polar surface area (TPSA) is 96.3 Å². The van der Waals surface area contributed by atoms with Crippen LogP contribution in [0.15, 0.2) is 47.0 Å². The van der Waals surface area contributed by atoms with E-state index in [2.05, 4.69) is 21.3 Å². The molecule has 0 saturated carbocycles. The summed E-state index contributed by atoms with van der Waals surface area (Å²) in [6.07, 6.45) is 0. The maximum atomic E-state index is 12.6. The average molecular weight is 440 g/mol. The number of halogens is 3. The van der Waals surface area contributed by atoms with Gasteiger partial charge in [0.2, 0.25) is 0 Å². The average Bonchev–Trinajstić information content (AvgIpc) is 3.03. The van der Waals surface area contributed by atoms with E-state index in [9.17, 15) is 9.59 Å². The lowest BCUT2D eigenvalue weighted by molar-refractivity contribution is 0.0937. The van der Waals surface area contributed by atoms with Crippen molar-refractivity contribution >= 4 is 52.4 Å². The van der Waals surface area contributed by atoms with Crippen molar-refractivity contribution in [1.29, 1.82) is 0 Å². The molecule has 28 heavy (non-hydrogen) atoms. The molecule has 0 spiro atoms. The zero-order valence-electron chi connectivity index (χ0n) is 14.3. The van der Waals surface area contributed by atoms with Crippen LogP contribution in [0, 0.1) is 6.92 Å². The van der Waals surface area contributed by atoms with Gasteiger partial charge < -0.3 is 9.84 Å². The molecule has 3 amide bonds. The first-order valence-electron chi connectivity index (χ1n) is 7.90. The summed E-state index contributed by atoms with van der Waals surface area (Å²) in [6, 6.07) is 10.7. The molecule has 2 aromatic carbocycles. The third kappa shape index (κ3) is 4.39. The molecule has 0 fully saturated rings. The summed E-state index contributed by atoms with van der Waals surface area (Å²) in [4.78, 5) is 24.6. The lowest BCUT2D eigenvalue weighted by atomic mass is 10.1. The number of nitrogens with zero attached hydrogens (tertiary/aromatic N) is 1. The molecule has 3 N–H and O–H groups in total. The Kier molecular flexibility index (Phi) is 6.08. The zero-order valence-corrected chi connectivity index (χ0v) is 16.6. The van der Waals surface area contributed by atoms with Gasteiger partial charge in [-0.25, -0.2) is 10.2 Å². The first-order valence-corrected chi connectivity index (χ1v) is 9.03. The number of rotatable bonds is 3. The minimum atomic E-state index is -0.651. The highest BCUT2D eigenvalue weighted by Gasteiger charge is 2.25.